The van der Waals surface area contributed by atoms with E-state index in [-0.39, 0.29) is 11.8 Å². The molecule has 4 rings (SSSR count). The number of halogens is 2. The van der Waals surface area contributed by atoms with Crippen LogP contribution < -0.4 is 9.80 Å². The van der Waals surface area contributed by atoms with Crippen LogP contribution in [0.15, 0.2) is 36.5 Å². The van der Waals surface area contributed by atoms with E-state index >= 15 is 0 Å². The lowest BCUT2D eigenvalue weighted by molar-refractivity contribution is -0.123. The van der Waals surface area contributed by atoms with Crippen LogP contribution in [-0.4, -0.2) is 30.5 Å². The summed E-state index contributed by atoms with van der Waals surface area (Å²) < 4.78 is 0. The van der Waals surface area contributed by atoms with Crippen molar-refractivity contribution >= 4 is 40.6 Å². The van der Waals surface area contributed by atoms with Crippen molar-refractivity contribution in [2.45, 2.75) is 32.1 Å². The quantitative estimate of drug-likeness (QED) is 0.709. The Morgan fingerprint density at radius 1 is 1.00 bits per heavy atom. The summed E-state index contributed by atoms with van der Waals surface area (Å²) in [5, 5.41) is 1.38. The van der Waals surface area contributed by atoms with Crippen molar-refractivity contribution in [2.75, 3.05) is 29.4 Å². The summed E-state index contributed by atoms with van der Waals surface area (Å²) in [6.07, 6.45) is 6.49. The third-order valence-electron chi connectivity index (χ3n) is 5.56. The van der Waals surface area contributed by atoms with E-state index in [1.165, 1.54) is 5.56 Å². The zero-order valence-corrected chi connectivity index (χ0v) is 16.7. The van der Waals surface area contributed by atoms with Crippen LogP contribution in [0.1, 0.15) is 31.2 Å². The highest BCUT2D eigenvalue weighted by atomic mass is 35.5. The smallest absolute Gasteiger partial charge is 0.230 e. The SMILES string of the molecule is O=C(C1CCN(c2ccc(Cl)cn2)CC1)N1CCCCc2cc(Cl)ccc21. The van der Waals surface area contributed by atoms with Gasteiger partial charge in [-0.25, -0.2) is 4.98 Å². The molecule has 3 heterocycles. The van der Waals surface area contributed by atoms with Gasteiger partial charge in [0.25, 0.3) is 0 Å². The molecule has 6 heteroatoms. The van der Waals surface area contributed by atoms with Gasteiger partial charge in [0.15, 0.2) is 0 Å². The maximum atomic E-state index is 13.3. The number of aromatic nitrogens is 1. The summed E-state index contributed by atoms with van der Waals surface area (Å²) in [6.45, 7) is 2.48. The molecule has 2 aromatic rings. The summed E-state index contributed by atoms with van der Waals surface area (Å²) in [5.41, 5.74) is 2.24. The van der Waals surface area contributed by atoms with Gasteiger partial charge in [-0.3, -0.25) is 4.79 Å². The van der Waals surface area contributed by atoms with E-state index in [9.17, 15) is 4.79 Å². The van der Waals surface area contributed by atoms with E-state index in [0.29, 0.717) is 5.02 Å². The number of hydrogen-bond donors (Lipinski definition) is 0. The molecule has 1 saturated heterocycles. The molecular formula is C21H23Cl2N3O. The molecule has 0 aliphatic carbocycles. The molecule has 142 valence electrons. The monoisotopic (exact) mass is 403 g/mol. The van der Waals surface area contributed by atoms with Crippen LogP contribution in [0.5, 0.6) is 0 Å². The average Bonchev–Trinajstić information content (AvgIpc) is 2.90. The molecule has 1 fully saturated rings. The molecule has 4 nitrogen and oxygen atoms in total. The van der Waals surface area contributed by atoms with Gasteiger partial charge in [-0.1, -0.05) is 23.2 Å². The van der Waals surface area contributed by atoms with E-state index in [4.69, 9.17) is 23.2 Å². The van der Waals surface area contributed by atoms with Gasteiger partial charge in [0.2, 0.25) is 5.91 Å². The number of hydrogen-bond acceptors (Lipinski definition) is 3. The molecule has 0 unspecified atom stereocenters. The fraction of sp³-hybridized carbons (Fsp3) is 0.429. The lowest BCUT2D eigenvalue weighted by Crippen LogP contribution is -2.43. The number of piperidine rings is 1. The summed E-state index contributed by atoms with van der Waals surface area (Å²) in [4.78, 5) is 21.9. The molecule has 1 amide bonds. The number of carbonyl (C=O) groups is 1. The van der Waals surface area contributed by atoms with Crippen molar-refractivity contribution in [2.24, 2.45) is 5.92 Å². The maximum absolute atomic E-state index is 13.3. The van der Waals surface area contributed by atoms with Crippen molar-refractivity contribution in [3.63, 3.8) is 0 Å². The first-order chi connectivity index (χ1) is 13.1. The Bertz CT molecular complexity index is 817. The van der Waals surface area contributed by atoms with E-state index in [1.807, 2.05) is 35.2 Å². The predicted octanol–water partition coefficient (Wildman–Crippen LogP) is 4.97. The normalized spacial score (nSPS) is 18.1. The predicted molar refractivity (Wildman–Crippen MR) is 111 cm³/mol. The van der Waals surface area contributed by atoms with Crippen molar-refractivity contribution in [3.8, 4) is 0 Å². The molecule has 0 spiro atoms. The Morgan fingerprint density at radius 2 is 1.78 bits per heavy atom. The molecule has 1 aromatic carbocycles. The second-order valence-electron chi connectivity index (χ2n) is 7.32. The van der Waals surface area contributed by atoms with Crippen LogP contribution in [0.4, 0.5) is 11.5 Å². The Balaban J connectivity index is 1.46. The minimum absolute atomic E-state index is 0.0650. The molecule has 2 aliphatic heterocycles. The van der Waals surface area contributed by atoms with Crippen molar-refractivity contribution < 1.29 is 4.79 Å². The first-order valence-electron chi connectivity index (χ1n) is 9.58. The molecule has 0 bridgehead atoms. The van der Waals surface area contributed by atoms with Gasteiger partial charge in [0.05, 0.1) is 5.02 Å². The van der Waals surface area contributed by atoms with Gasteiger partial charge in [0.1, 0.15) is 5.82 Å². The summed E-state index contributed by atoms with van der Waals surface area (Å²) >= 11 is 12.1. The number of benzene rings is 1. The Labute approximate surface area is 170 Å². The third kappa shape index (κ3) is 4.07. The molecule has 0 N–H and O–H groups in total. The molecule has 0 radical (unpaired) electrons. The van der Waals surface area contributed by atoms with Crippen LogP contribution in [0, 0.1) is 5.92 Å². The molecule has 2 aliphatic rings. The Morgan fingerprint density at radius 3 is 2.52 bits per heavy atom. The number of nitrogens with zero attached hydrogens (tertiary/aromatic N) is 3. The number of carbonyl (C=O) groups excluding carboxylic acids is 1. The van der Waals surface area contributed by atoms with E-state index in [1.54, 1.807) is 6.20 Å². The topological polar surface area (TPSA) is 36.4 Å². The van der Waals surface area contributed by atoms with Crippen molar-refractivity contribution in [3.05, 3.63) is 52.1 Å². The average molecular weight is 404 g/mol. The number of fused-ring (bicyclic) bond motifs is 1. The summed E-state index contributed by atoms with van der Waals surface area (Å²) in [7, 11) is 0. The lowest BCUT2D eigenvalue weighted by Gasteiger charge is -2.35. The number of anilines is 2. The van der Waals surface area contributed by atoms with Gasteiger partial charge in [-0.15, -0.1) is 0 Å². The van der Waals surface area contributed by atoms with Crippen LogP contribution in [0.2, 0.25) is 10.0 Å². The zero-order chi connectivity index (χ0) is 18.8. The molecule has 27 heavy (non-hydrogen) atoms. The maximum Gasteiger partial charge on any atom is 0.230 e. The Hall–Kier alpha value is -1.78. The van der Waals surface area contributed by atoms with Gasteiger partial charge >= 0.3 is 0 Å². The molecule has 0 atom stereocenters. The lowest BCUT2D eigenvalue weighted by atomic mass is 9.94. The highest BCUT2D eigenvalue weighted by Gasteiger charge is 2.31. The standard InChI is InChI=1S/C21H23Cl2N3O/c22-17-4-6-19-16(13-17)3-1-2-10-26(19)21(27)15-8-11-25(12-9-15)20-7-5-18(23)14-24-20/h4-7,13-15H,1-3,8-12H2. The highest BCUT2D eigenvalue weighted by Crippen LogP contribution is 2.32. The van der Waals surface area contributed by atoms with Gasteiger partial charge < -0.3 is 9.80 Å². The van der Waals surface area contributed by atoms with E-state index in [0.717, 1.165) is 68.3 Å². The Kier molecular flexibility index (Phi) is 5.55. The van der Waals surface area contributed by atoms with Crippen molar-refractivity contribution in [1.82, 2.24) is 4.98 Å². The minimum atomic E-state index is 0.0650. The fourth-order valence-corrected chi connectivity index (χ4v) is 4.39. The fourth-order valence-electron chi connectivity index (χ4n) is 4.08. The van der Waals surface area contributed by atoms with E-state index in [2.05, 4.69) is 9.88 Å². The molecular weight excluding hydrogens is 381 g/mol. The number of aryl methyl sites for hydroxylation is 1. The third-order valence-corrected chi connectivity index (χ3v) is 6.01. The van der Waals surface area contributed by atoms with Crippen LogP contribution in [0.25, 0.3) is 0 Å². The van der Waals surface area contributed by atoms with Gasteiger partial charge in [0, 0.05) is 42.5 Å². The first kappa shape index (κ1) is 18.6. The van der Waals surface area contributed by atoms with Crippen LogP contribution >= 0.6 is 23.2 Å². The van der Waals surface area contributed by atoms with Crippen LogP contribution in [-0.2, 0) is 11.2 Å². The minimum Gasteiger partial charge on any atom is -0.357 e. The zero-order valence-electron chi connectivity index (χ0n) is 15.2. The van der Waals surface area contributed by atoms with Crippen LogP contribution in [0.3, 0.4) is 0 Å². The van der Waals surface area contributed by atoms with Gasteiger partial charge in [-0.2, -0.15) is 0 Å². The van der Waals surface area contributed by atoms with Crippen molar-refractivity contribution in [1.29, 1.82) is 0 Å². The summed E-state index contributed by atoms with van der Waals surface area (Å²) in [6, 6.07) is 9.71. The second-order valence-corrected chi connectivity index (χ2v) is 8.19. The number of pyridine rings is 1. The largest absolute Gasteiger partial charge is 0.357 e. The highest BCUT2D eigenvalue weighted by molar-refractivity contribution is 6.31. The number of amides is 1. The summed E-state index contributed by atoms with van der Waals surface area (Å²) in [5.74, 6) is 1.25. The van der Waals surface area contributed by atoms with E-state index < -0.39 is 0 Å². The molecule has 1 aromatic heterocycles. The molecule has 0 saturated carbocycles. The number of rotatable bonds is 2. The second kappa shape index (κ2) is 8.07. The van der Waals surface area contributed by atoms with Gasteiger partial charge in [-0.05, 0) is 68.0 Å². The first-order valence-corrected chi connectivity index (χ1v) is 10.3.